The van der Waals surface area contributed by atoms with E-state index in [4.69, 9.17) is 5.10 Å². The molecule has 164 valence electrons. The fraction of sp³-hybridized carbons (Fsp3) is 0.304. The van der Waals surface area contributed by atoms with Gasteiger partial charge in [0.25, 0.3) is 0 Å². The van der Waals surface area contributed by atoms with Crippen LogP contribution >= 0.6 is 11.3 Å². The second-order valence-electron chi connectivity index (χ2n) is 7.82. The van der Waals surface area contributed by atoms with Crippen LogP contribution in [0.3, 0.4) is 0 Å². The Morgan fingerprint density at radius 1 is 1.06 bits per heavy atom. The van der Waals surface area contributed by atoms with Gasteiger partial charge in [-0.3, -0.25) is 9.69 Å². The Labute approximate surface area is 190 Å². The smallest absolute Gasteiger partial charge is 0.238 e. The lowest BCUT2D eigenvalue weighted by molar-refractivity contribution is -0.117. The number of para-hydroxylation sites is 1. The van der Waals surface area contributed by atoms with E-state index < -0.39 is 0 Å². The van der Waals surface area contributed by atoms with Crippen molar-refractivity contribution in [2.24, 2.45) is 0 Å². The summed E-state index contributed by atoms with van der Waals surface area (Å²) in [6, 6.07) is 13.9. The molecule has 8 nitrogen and oxygen atoms in total. The molecule has 1 fully saturated rings. The summed E-state index contributed by atoms with van der Waals surface area (Å²) in [6.07, 6.45) is 0.896. The Bertz CT molecular complexity index is 1210. The third-order valence-corrected chi connectivity index (χ3v) is 6.45. The lowest BCUT2D eigenvalue weighted by atomic mass is 10.1. The van der Waals surface area contributed by atoms with Crippen LogP contribution in [0.5, 0.6) is 0 Å². The number of rotatable bonds is 6. The monoisotopic (exact) mass is 447 g/mol. The van der Waals surface area contributed by atoms with Crippen LogP contribution in [0.1, 0.15) is 12.5 Å². The summed E-state index contributed by atoms with van der Waals surface area (Å²) in [5.41, 5.74) is 3.82. The third-order valence-electron chi connectivity index (χ3n) is 5.76. The van der Waals surface area contributed by atoms with E-state index in [-0.39, 0.29) is 5.91 Å². The predicted molar refractivity (Wildman–Crippen MR) is 127 cm³/mol. The van der Waals surface area contributed by atoms with Gasteiger partial charge in [0.2, 0.25) is 5.91 Å². The topological polar surface area (TPSA) is 78.7 Å². The zero-order valence-electron chi connectivity index (χ0n) is 17.9. The van der Waals surface area contributed by atoms with Crippen molar-refractivity contribution in [2.45, 2.75) is 13.3 Å². The van der Waals surface area contributed by atoms with E-state index in [0.717, 1.165) is 66.7 Å². The highest BCUT2D eigenvalue weighted by atomic mass is 32.1. The number of amides is 1. The van der Waals surface area contributed by atoms with Crippen LogP contribution in [0.4, 0.5) is 11.5 Å². The summed E-state index contributed by atoms with van der Waals surface area (Å²) in [7, 11) is 0. The molecule has 0 atom stereocenters. The molecule has 4 aromatic rings. The molecule has 9 heteroatoms. The maximum Gasteiger partial charge on any atom is 0.238 e. The predicted octanol–water partition coefficient (Wildman–Crippen LogP) is 3.18. The number of thiophene rings is 1. The van der Waals surface area contributed by atoms with Crippen molar-refractivity contribution in [1.29, 1.82) is 0 Å². The van der Waals surface area contributed by atoms with Crippen LogP contribution in [-0.2, 0) is 11.2 Å². The number of aromatic nitrogens is 4. The molecule has 1 amide bonds. The van der Waals surface area contributed by atoms with E-state index in [0.29, 0.717) is 6.54 Å². The van der Waals surface area contributed by atoms with Crippen LogP contribution in [0, 0.1) is 0 Å². The number of nitrogens with one attached hydrogen (secondary N) is 1. The van der Waals surface area contributed by atoms with Crippen molar-refractivity contribution >= 4 is 34.4 Å². The molecule has 0 saturated carbocycles. The number of benzene rings is 1. The average Bonchev–Trinajstić information content (AvgIpc) is 3.49. The molecule has 1 aliphatic rings. The second-order valence-corrected chi connectivity index (χ2v) is 8.60. The first kappa shape index (κ1) is 20.6. The fourth-order valence-corrected chi connectivity index (χ4v) is 4.63. The Morgan fingerprint density at radius 2 is 1.91 bits per heavy atom. The van der Waals surface area contributed by atoms with E-state index in [1.807, 2.05) is 51.7 Å². The number of carbonyl (C=O) groups is 1. The van der Waals surface area contributed by atoms with E-state index in [9.17, 15) is 4.79 Å². The zero-order valence-corrected chi connectivity index (χ0v) is 18.8. The van der Waals surface area contributed by atoms with Gasteiger partial charge >= 0.3 is 0 Å². The quantitative estimate of drug-likeness (QED) is 0.489. The van der Waals surface area contributed by atoms with Gasteiger partial charge in [-0.2, -0.15) is 15.9 Å². The molecule has 32 heavy (non-hydrogen) atoms. The highest BCUT2D eigenvalue weighted by molar-refractivity contribution is 7.08. The molecule has 1 aromatic carbocycles. The third kappa shape index (κ3) is 4.21. The molecule has 1 aliphatic heterocycles. The minimum absolute atomic E-state index is 0.0313. The molecule has 0 unspecified atom stereocenters. The van der Waals surface area contributed by atoms with Gasteiger partial charge in [0, 0.05) is 42.8 Å². The standard InChI is InChI=1S/C23H25N7OS/c1-2-17-5-3-4-6-19(17)24-22(31)15-28-10-12-29(13-11-28)21-8-7-20-25-26-23(30(20)27-21)18-9-14-32-16-18/h3-9,14,16H,2,10-13,15H2,1H3,(H,24,31). The van der Waals surface area contributed by atoms with Gasteiger partial charge in [-0.25, -0.2) is 0 Å². The lowest BCUT2D eigenvalue weighted by Gasteiger charge is -2.34. The first-order valence-electron chi connectivity index (χ1n) is 10.8. The van der Waals surface area contributed by atoms with Gasteiger partial charge in [-0.15, -0.1) is 15.3 Å². The molecular weight excluding hydrogens is 422 g/mol. The Hall–Kier alpha value is -3.30. The second kappa shape index (κ2) is 9.05. The molecular formula is C23H25N7OS. The number of anilines is 2. The first-order chi connectivity index (χ1) is 15.7. The van der Waals surface area contributed by atoms with Crippen LogP contribution < -0.4 is 10.2 Å². The molecule has 3 aromatic heterocycles. The zero-order chi connectivity index (χ0) is 21.9. The van der Waals surface area contributed by atoms with Crippen molar-refractivity contribution in [3.05, 3.63) is 58.8 Å². The molecule has 0 bridgehead atoms. The summed E-state index contributed by atoms with van der Waals surface area (Å²) in [5.74, 6) is 1.68. The van der Waals surface area contributed by atoms with Crippen LogP contribution in [0.2, 0.25) is 0 Å². The minimum atomic E-state index is 0.0313. The number of fused-ring (bicyclic) bond motifs is 1. The van der Waals surface area contributed by atoms with Crippen molar-refractivity contribution in [3.8, 4) is 11.4 Å². The van der Waals surface area contributed by atoms with Gasteiger partial charge < -0.3 is 10.2 Å². The normalized spacial score (nSPS) is 14.7. The maximum atomic E-state index is 12.6. The molecule has 0 radical (unpaired) electrons. The van der Waals surface area contributed by atoms with Gasteiger partial charge in [-0.05, 0) is 41.6 Å². The van der Waals surface area contributed by atoms with Gasteiger partial charge in [0.15, 0.2) is 11.5 Å². The Kier molecular flexibility index (Phi) is 5.83. The van der Waals surface area contributed by atoms with Crippen LogP contribution in [0.25, 0.3) is 17.0 Å². The summed E-state index contributed by atoms with van der Waals surface area (Å²) in [5, 5.41) is 20.5. The highest BCUT2D eigenvalue weighted by Crippen LogP contribution is 2.22. The van der Waals surface area contributed by atoms with E-state index in [2.05, 4.69) is 38.3 Å². The van der Waals surface area contributed by atoms with Gasteiger partial charge in [-0.1, -0.05) is 25.1 Å². The average molecular weight is 448 g/mol. The Morgan fingerprint density at radius 3 is 2.69 bits per heavy atom. The Balaban J connectivity index is 1.21. The highest BCUT2D eigenvalue weighted by Gasteiger charge is 2.21. The summed E-state index contributed by atoms with van der Waals surface area (Å²) >= 11 is 1.63. The molecule has 0 spiro atoms. The van der Waals surface area contributed by atoms with Crippen molar-refractivity contribution < 1.29 is 4.79 Å². The molecule has 5 rings (SSSR count). The van der Waals surface area contributed by atoms with Gasteiger partial charge in [0.1, 0.15) is 5.82 Å². The van der Waals surface area contributed by atoms with Crippen molar-refractivity contribution in [3.63, 3.8) is 0 Å². The van der Waals surface area contributed by atoms with Crippen LogP contribution in [-0.4, -0.2) is 63.3 Å². The van der Waals surface area contributed by atoms with Crippen molar-refractivity contribution in [1.82, 2.24) is 24.7 Å². The number of hydrogen-bond acceptors (Lipinski definition) is 7. The molecule has 1 saturated heterocycles. The van der Waals surface area contributed by atoms with Gasteiger partial charge in [0.05, 0.1) is 6.54 Å². The number of carbonyl (C=O) groups excluding carboxylic acids is 1. The maximum absolute atomic E-state index is 12.6. The summed E-state index contributed by atoms with van der Waals surface area (Å²) in [4.78, 5) is 17.0. The molecule has 4 heterocycles. The van der Waals surface area contributed by atoms with E-state index in [1.54, 1.807) is 11.3 Å². The van der Waals surface area contributed by atoms with Crippen molar-refractivity contribution in [2.75, 3.05) is 42.9 Å². The fourth-order valence-electron chi connectivity index (χ4n) is 4.00. The largest absolute Gasteiger partial charge is 0.353 e. The SMILES string of the molecule is CCc1ccccc1NC(=O)CN1CCN(c2ccc3nnc(-c4ccsc4)n3n2)CC1. The number of aryl methyl sites for hydroxylation is 1. The number of nitrogens with zero attached hydrogens (tertiary/aromatic N) is 6. The summed E-state index contributed by atoms with van der Waals surface area (Å²) < 4.78 is 1.81. The van der Waals surface area contributed by atoms with Crippen LogP contribution in [0.15, 0.2) is 53.2 Å². The summed E-state index contributed by atoms with van der Waals surface area (Å²) in [6.45, 7) is 5.73. The lowest BCUT2D eigenvalue weighted by Crippen LogP contribution is -2.49. The number of piperazine rings is 1. The van der Waals surface area contributed by atoms with E-state index >= 15 is 0 Å². The first-order valence-corrected chi connectivity index (χ1v) is 11.8. The number of hydrogen-bond donors (Lipinski definition) is 1. The molecule has 1 N–H and O–H groups in total. The minimum Gasteiger partial charge on any atom is -0.353 e. The molecule has 0 aliphatic carbocycles. The van der Waals surface area contributed by atoms with E-state index in [1.165, 1.54) is 0 Å².